The first-order valence-corrected chi connectivity index (χ1v) is 14.0. The van der Waals surface area contributed by atoms with Gasteiger partial charge in [0.15, 0.2) is 5.76 Å². The fourth-order valence-electron chi connectivity index (χ4n) is 3.63. The van der Waals surface area contributed by atoms with Crippen LogP contribution < -0.4 is 9.47 Å². The molecule has 0 aliphatic carbocycles. The van der Waals surface area contributed by atoms with Gasteiger partial charge in [-0.05, 0) is 54.2 Å². The zero-order valence-electron chi connectivity index (χ0n) is 22.6. The summed E-state index contributed by atoms with van der Waals surface area (Å²) in [7, 11) is -0.00827. The lowest BCUT2D eigenvalue weighted by Crippen LogP contribution is -2.56. The summed E-state index contributed by atoms with van der Waals surface area (Å²) in [5.74, 6) is -0.135. The highest BCUT2D eigenvalue weighted by atomic mass is 32.2. The van der Waals surface area contributed by atoms with Gasteiger partial charge < -0.3 is 14.2 Å². The molecule has 1 aliphatic rings. The highest BCUT2D eigenvalue weighted by Gasteiger charge is 2.47. The van der Waals surface area contributed by atoms with E-state index < -0.39 is 38.2 Å². The SMILES string of the molecule is C=CCS(=O)C1CC(=O)N1C(C(=S)OCc1ccc([N+](=O)[O-])cc1)=C(Oc1ccc(OC)cc1)C(=O)C(C)(C)C. The second-order valence-electron chi connectivity index (χ2n) is 9.79. The molecule has 2 aromatic carbocycles. The number of non-ortho nitro benzene ring substituents is 1. The minimum Gasteiger partial charge on any atom is -0.497 e. The number of Topliss-reactive ketones (excluding diaryl/α,β-unsaturated/α-hetero) is 1. The molecule has 40 heavy (non-hydrogen) atoms. The van der Waals surface area contributed by atoms with Crippen LogP contribution in [0.3, 0.4) is 0 Å². The Kier molecular flexibility index (Phi) is 9.93. The predicted octanol–water partition coefficient (Wildman–Crippen LogP) is 4.85. The molecule has 2 atom stereocenters. The fraction of sp³-hybridized carbons (Fsp3) is 0.321. The van der Waals surface area contributed by atoms with Crippen LogP contribution in [0.2, 0.25) is 0 Å². The number of carbonyl (C=O) groups is 2. The predicted molar refractivity (Wildman–Crippen MR) is 154 cm³/mol. The largest absolute Gasteiger partial charge is 0.497 e. The number of ether oxygens (including phenoxy) is 3. The lowest BCUT2D eigenvalue weighted by Gasteiger charge is -2.41. The highest BCUT2D eigenvalue weighted by molar-refractivity contribution is 7.85. The summed E-state index contributed by atoms with van der Waals surface area (Å²) in [5.41, 5.74) is -0.582. The minimum absolute atomic E-state index is 0.0194. The average molecular weight is 587 g/mol. The maximum Gasteiger partial charge on any atom is 0.269 e. The maximum absolute atomic E-state index is 13.8. The number of allylic oxidation sites excluding steroid dienone is 1. The van der Waals surface area contributed by atoms with Crippen molar-refractivity contribution in [3.05, 3.63) is 88.3 Å². The summed E-state index contributed by atoms with van der Waals surface area (Å²) in [6.07, 6.45) is 1.47. The van der Waals surface area contributed by atoms with Crippen molar-refractivity contribution in [3.8, 4) is 11.5 Å². The Morgan fingerprint density at radius 1 is 1.18 bits per heavy atom. The van der Waals surface area contributed by atoms with Gasteiger partial charge in [0, 0.05) is 34.1 Å². The van der Waals surface area contributed by atoms with Gasteiger partial charge in [-0.2, -0.15) is 0 Å². The number of nitrogens with zero attached hydrogens (tertiary/aromatic N) is 2. The third-order valence-corrected chi connectivity index (χ3v) is 7.68. The Labute approximate surface area is 240 Å². The maximum atomic E-state index is 13.8. The van der Waals surface area contributed by atoms with E-state index >= 15 is 0 Å². The first kappa shape index (κ1) is 30.6. The molecule has 212 valence electrons. The standard InChI is InChI=1S/C28H30N2O8S2/c1-6-15-40(35)23-16-22(31)29(23)24(27(39)37-17-18-7-9-19(10-8-18)30(33)34)25(26(32)28(2,3)4)38-21-13-11-20(36-5)12-14-21/h6-14,23H,1,15-17H2,2-5H3. The van der Waals surface area contributed by atoms with Crippen LogP contribution in [0, 0.1) is 15.5 Å². The topological polar surface area (TPSA) is 125 Å². The number of benzene rings is 2. The van der Waals surface area contributed by atoms with E-state index in [0.29, 0.717) is 11.3 Å². The number of hydrogen-bond acceptors (Lipinski definition) is 9. The van der Waals surface area contributed by atoms with Crippen molar-refractivity contribution >= 4 is 45.4 Å². The van der Waals surface area contributed by atoms with Crippen molar-refractivity contribution in [2.24, 2.45) is 5.41 Å². The number of nitro benzene ring substituents is 1. The van der Waals surface area contributed by atoms with Crippen LogP contribution in [0.15, 0.2) is 72.6 Å². The van der Waals surface area contributed by atoms with Crippen LogP contribution >= 0.6 is 12.2 Å². The monoisotopic (exact) mass is 586 g/mol. The molecule has 2 unspecified atom stereocenters. The molecule has 1 amide bonds. The van der Waals surface area contributed by atoms with Gasteiger partial charge in [-0.15, -0.1) is 6.58 Å². The quantitative estimate of drug-likeness (QED) is 0.0653. The molecular weight excluding hydrogens is 556 g/mol. The number of ketones is 1. The summed E-state index contributed by atoms with van der Waals surface area (Å²) in [6.45, 7) is 8.58. The van der Waals surface area contributed by atoms with E-state index in [9.17, 15) is 23.9 Å². The molecule has 0 saturated carbocycles. The van der Waals surface area contributed by atoms with Gasteiger partial charge in [0.05, 0.1) is 18.5 Å². The van der Waals surface area contributed by atoms with Crippen molar-refractivity contribution < 1.29 is 32.9 Å². The first-order chi connectivity index (χ1) is 18.9. The lowest BCUT2D eigenvalue weighted by molar-refractivity contribution is -0.384. The second kappa shape index (κ2) is 13.0. The van der Waals surface area contributed by atoms with Gasteiger partial charge >= 0.3 is 0 Å². The van der Waals surface area contributed by atoms with Gasteiger partial charge in [0.2, 0.25) is 16.7 Å². The van der Waals surface area contributed by atoms with Gasteiger partial charge in [0.25, 0.3) is 5.69 Å². The first-order valence-electron chi connectivity index (χ1n) is 12.2. The Bertz CT molecular complexity index is 1360. The van der Waals surface area contributed by atoms with Crippen molar-refractivity contribution in [3.63, 3.8) is 0 Å². The summed E-state index contributed by atoms with van der Waals surface area (Å²) in [6, 6.07) is 12.2. The number of hydrogen-bond donors (Lipinski definition) is 0. The average Bonchev–Trinajstić information content (AvgIpc) is 2.91. The third kappa shape index (κ3) is 7.19. The van der Waals surface area contributed by atoms with Crippen molar-refractivity contribution in [1.82, 2.24) is 4.90 Å². The van der Waals surface area contributed by atoms with Gasteiger partial charge in [-0.25, -0.2) is 0 Å². The minimum atomic E-state index is -1.52. The molecule has 1 heterocycles. The Hall–Kier alpha value is -3.90. The van der Waals surface area contributed by atoms with Crippen LogP contribution in [0.4, 0.5) is 5.69 Å². The van der Waals surface area contributed by atoms with E-state index in [1.807, 2.05) is 0 Å². The highest BCUT2D eigenvalue weighted by Crippen LogP contribution is 2.35. The molecule has 1 saturated heterocycles. The van der Waals surface area contributed by atoms with Gasteiger partial charge in [0.1, 0.15) is 29.2 Å². The van der Waals surface area contributed by atoms with E-state index in [0.717, 1.165) is 0 Å². The molecule has 3 rings (SSSR count). The van der Waals surface area contributed by atoms with E-state index in [2.05, 4.69) is 6.58 Å². The number of methoxy groups -OCH3 is 1. The number of amides is 1. The zero-order chi connectivity index (χ0) is 29.6. The molecule has 0 N–H and O–H groups in total. The fourth-order valence-corrected chi connectivity index (χ4v) is 5.12. The van der Waals surface area contributed by atoms with Crippen molar-refractivity contribution in [1.29, 1.82) is 0 Å². The molecule has 10 nitrogen and oxygen atoms in total. The number of carbonyl (C=O) groups excluding carboxylic acids is 2. The van der Waals surface area contributed by atoms with Crippen LogP contribution in [0.25, 0.3) is 0 Å². The zero-order valence-corrected chi connectivity index (χ0v) is 24.2. The molecule has 12 heteroatoms. The molecule has 0 aromatic heterocycles. The third-order valence-electron chi connectivity index (χ3n) is 5.82. The molecule has 0 radical (unpaired) electrons. The van der Waals surface area contributed by atoms with E-state index in [-0.39, 0.29) is 46.7 Å². The van der Waals surface area contributed by atoms with Crippen LogP contribution in [0.1, 0.15) is 32.8 Å². The normalized spacial score (nSPS) is 16.2. The molecule has 1 aliphatic heterocycles. The van der Waals surface area contributed by atoms with Crippen molar-refractivity contribution in [2.75, 3.05) is 12.9 Å². The van der Waals surface area contributed by atoms with Crippen LogP contribution in [-0.2, 0) is 31.7 Å². The van der Waals surface area contributed by atoms with Crippen LogP contribution in [0.5, 0.6) is 11.5 Å². The number of rotatable bonds is 12. The van der Waals surface area contributed by atoms with E-state index in [1.165, 1.54) is 42.4 Å². The molecule has 1 fully saturated rings. The smallest absolute Gasteiger partial charge is 0.269 e. The Morgan fingerprint density at radius 3 is 2.27 bits per heavy atom. The summed E-state index contributed by atoms with van der Waals surface area (Å²) < 4.78 is 30.1. The number of β-lactam (4-membered cyclic amide) rings is 1. The van der Waals surface area contributed by atoms with Crippen LogP contribution in [-0.4, -0.2) is 49.0 Å². The van der Waals surface area contributed by atoms with E-state index in [4.69, 9.17) is 26.4 Å². The number of thiocarbonyl (C=S) groups is 1. The summed E-state index contributed by atoms with van der Waals surface area (Å²) >= 11 is 5.60. The summed E-state index contributed by atoms with van der Waals surface area (Å²) in [4.78, 5) is 38.4. The summed E-state index contributed by atoms with van der Waals surface area (Å²) in [5, 5.41) is 9.97. The number of likely N-dealkylation sites (tertiary alicyclic amines) is 1. The van der Waals surface area contributed by atoms with E-state index in [1.54, 1.807) is 45.0 Å². The molecule has 2 aromatic rings. The van der Waals surface area contributed by atoms with Crippen molar-refractivity contribution in [2.45, 2.75) is 39.2 Å². The molecular formula is C28H30N2O8S2. The Balaban J connectivity index is 2.09. The number of nitro groups is 1. The molecule has 0 bridgehead atoms. The van der Waals surface area contributed by atoms with Gasteiger partial charge in [-0.3, -0.25) is 28.8 Å². The lowest BCUT2D eigenvalue weighted by atomic mass is 9.88. The Morgan fingerprint density at radius 2 is 1.77 bits per heavy atom. The van der Waals surface area contributed by atoms with Gasteiger partial charge in [-0.1, -0.05) is 26.8 Å². The second-order valence-corrected chi connectivity index (χ2v) is 11.8. The molecule has 0 spiro atoms.